The van der Waals surface area contributed by atoms with E-state index in [2.05, 4.69) is 42.3 Å². The number of aliphatic hydroxyl groups is 1. The molecule has 0 saturated heterocycles. The van der Waals surface area contributed by atoms with Gasteiger partial charge in [0.2, 0.25) is 0 Å². The van der Waals surface area contributed by atoms with Gasteiger partial charge in [-0.15, -0.1) is 11.3 Å². The maximum absolute atomic E-state index is 9.29. The Bertz CT molecular complexity index is 566. The molecule has 0 amide bonds. The average Bonchev–Trinajstić information content (AvgIpc) is 2.97. The number of nitrogens with zero attached hydrogens (tertiary/aromatic N) is 1. The third kappa shape index (κ3) is 4.06. The van der Waals surface area contributed by atoms with E-state index in [1.54, 1.807) is 18.4 Å². The predicted octanol–water partition coefficient (Wildman–Crippen LogP) is 3.37. The van der Waals surface area contributed by atoms with Crippen LogP contribution in [0.25, 0.3) is 0 Å². The summed E-state index contributed by atoms with van der Waals surface area (Å²) in [6.45, 7) is 6.81. The summed E-state index contributed by atoms with van der Waals surface area (Å²) in [5.74, 6) is 0.934. The minimum atomic E-state index is 0.180. The Morgan fingerprint density at radius 3 is 2.57 bits per heavy atom. The number of thiophene rings is 1. The second-order valence-electron chi connectivity index (χ2n) is 5.19. The van der Waals surface area contributed by atoms with Crippen LogP contribution in [0.3, 0.4) is 0 Å². The van der Waals surface area contributed by atoms with Gasteiger partial charge in [-0.2, -0.15) is 0 Å². The molecular weight excluding hydrogens is 282 g/mol. The molecule has 2 aromatic rings. The van der Waals surface area contributed by atoms with Gasteiger partial charge in [0.05, 0.1) is 13.7 Å². The third-order valence-corrected chi connectivity index (χ3v) is 4.70. The molecule has 0 saturated carbocycles. The highest BCUT2D eigenvalue weighted by Crippen LogP contribution is 2.25. The van der Waals surface area contributed by atoms with Gasteiger partial charge in [-0.1, -0.05) is 12.1 Å². The molecule has 114 valence electrons. The molecule has 0 fully saturated rings. The lowest BCUT2D eigenvalue weighted by Gasteiger charge is -2.22. The first-order valence-corrected chi connectivity index (χ1v) is 8.02. The van der Waals surface area contributed by atoms with Crippen LogP contribution in [0.1, 0.15) is 21.6 Å². The summed E-state index contributed by atoms with van der Waals surface area (Å²) in [4.78, 5) is 3.60. The van der Waals surface area contributed by atoms with Crippen molar-refractivity contribution in [3.05, 3.63) is 51.2 Å². The van der Waals surface area contributed by atoms with Gasteiger partial charge in [0.1, 0.15) is 5.75 Å². The average molecular weight is 305 g/mol. The Labute approximate surface area is 130 Å². The molecule has 0 aliphatic carbocycles. The minimum absolute atomic E-state index is 0.180. The van der Waals surface area contributed by atoms with Crippen molar-refractivity contribution >= 4 is 11.3 Å². The van der Waals surface area contributed by atoms with Gasteiger partial charge in [0.15, 0.2) is 0 Å². The van der Waals surface area contributed by atoms with Crippen LogP contribution < -0.4 is 4.74 Å². The molecule has 3 nitrogen and oxygen atoms in total. The van der Waals surface area contributed by atoms with Gasteiger partial charge < -0.3 is 9.84 Å². The highest BCUT2D eigenvalue weighted by Gasteiger charge is 2.12. The Morgan fingerprint density at radius 2 is 1.95 bits per heavy atom. The van der Waals surface area contributed by atoms with Gasteiger partial charge >= 0.3 is 0 Å². The summed E-state index contributed by atoms with van der Waals surface area (Å²) in [5.41, 5.74) is 3.75. The van der Waals surface area contributed by atoms with E-state index in [0.717, 1.165) is 18.8 Å². The molecule has 0 atom stereocenters. The summed E-state index contributed by atoms with van der Waals surface area (Å²) < 4.78 is 5.37. The number of hydrogen-bond donors (Lipinski definition) is 1. The van der Waals surface area contributed by atoms with Gasteiger partial charge in [0.25, 0.3) is 0 Å². The van der Waals surface area contributed by atoms with E-state index in [-0.39, 0.29) is 6.61 Å². The zero-order valence-electron chi connectivity index (χ0n) is 12.9. The maximum Gasteiger partial charge on any atom is 0.122 e. The molecule has 0 aliphatic heterocycles. The number of ether oxygens (including phenoxy) is 1. The van der Waals surface area contributed by atoms with E-state index >= 15 is 0 Å². The highest BCUT2D eigenvalue weighted by molar-refractivity contribution is 7.09. The van der Waals surface area contributed by atoms with Crippen LogP contribution in [0.5, 0.6) is 5.75 Å². The lowest BCUT2D eigenvalue weighted by molar-refractivity contribution is 0.185. The monoisotopic (exact) mass is 305 g/mol. The van der Waals surface area contributed by atoms with Crippen molar-refractivity contribution < 1.29 is 9.84 Å². The van der Waals surface area contributed by atoms with E-state index in [4.69, 9.17) is 4.74 Å². The third-order valence-electron chi connectivity index (χ3n) is 3.84. The quantitative estimate of drug-likeness (QED) is 0.851. The zero-order valence-corrected chi connectivity index (χ0v) is 13.7. The van der Waals surface area contributed by atoms with E-state index < -0.39 is 0 Å². The molecule has 1 heterocycles. The largest absolute Gasteiger partial charge is 0.496 e. The van der Waals surface area contributed by atoms with Crippen LogP contribution in [0.2, 0.25) is 0 Å². The van der Waals surface area contributed by atoms with Crippen molar-refractivity contribution in [3.8, 4) is 5.75 Å². The van der Waals surface area contributed by atoms with Crippen LogP contribution in [0, 0.1) is 13.8 Å². The zero-order chi connectivity index (χ0) is 15.2. The number of hydrogen-bond acceptors (Lipinski definition) is 4. The molecule has 0 bridgehead atoms. The highest BCUT2D eigenvalue weighted by atomic mass is 32.1. The van der Waals surface area contributed by atoms with Gasteiger partial charge in [0, 0.05) is 24.5 Å². The van der Waals surface area contributed by atoms with Crippen LogP contribution in [0.4, 0.5) is 0 Å². The molecule has 2 rings (SSSR count). The summed E-state index contributed by atoms with van der Waals surface area (Å²) in [7, 11) is 1.70. The van der Waals surface area contributed by atoms with Gasteiger partial charge in [-0.3, -0.25) is 4.90 Å². The van der Waals surface area contributed by atoms with Crippen molar-refractivity contribution in [2.45, 2.75) is 26.9 Å². The van der Waals surface area contributed by atoms with Gasteiger partial charge in [-0.25, -0.2) is 0 Å². The molecule has 0 spiro atoms. The molecule has 1 aromatic heterocycles. The van der Waals surface area contributed by atoms with Crippen LogP contribution in [-0.4, -0.2) is 30.3 Å². The lowest BCUT2D eigenvalue weighted by Crippen LogP contribution is -2.26. The SMILES string of the molecule is COc1ccc(CN(CCO)Cc2cccs2)c(C)c1C. The molecule has 4 heteroatoms. The van der Waals surface area contributed by atoms with E-state index in [1.165, 1.54) is 21.6 Å². The second-order valence-corrected chi connectivity index (χ2v) is 6.22. The molecule has 0 radical (unpaired) electrons. The van der Waals surface area contributed by atoms with Gasteiger partial charge in [-0.05, 0) is 48.1 Å². The van der Waals surface area contributed by atoms with Crippen molar-refractivity contribution in [1.29, 1.82) is 0 Å². The van der Waals surface area contributed by atoms with Crippen LogP contribution in [-0.2, 0) is 13.1 Å². The molecule has 1 N–H and O–H groups in total. The summed E-state index contributed by atoms with van der Waals surface area (Å²) in [6, 6.07) is 8.36. The fraction of sp³-hybridized carbons (Fsp3) is 0.412. The first kappa shape index (κ1) is 16.0. The van der Waals surface area contributed by atoms with Crippen LogP contribution in [0.15, 0.2) is 29.6 Å². The molecular formula is C17H23NO2S. The van der Waals surface area contributed by atoms with E-state index in [9.17, 15) is 5.11 Å². The fourth-order valence-electron chi connectivity index (χ4n) is 2.46. The number of benzene rings is 1. The van der Waals surface area contributed by atoms with Crippen LogP contribution >= 0.6 is 11.3 Å². The first-order valence-electron chi connectivity index (χ1n) is 7.14. The first-order chi connectivity index (χ1) is 10.2. The number of aliphatic hydroxyl groups excluding tert-OH is 1. The fourth-order valence-corrected chi connectivity index (χ4v) is 3.21. The van der Waals surface area contributed by atoms with E-state index in [1.807, 2.05) is 6.07 Å². The van der Waals surface area contributed by atoms with Crippen molar-refractivity contribution in [3.63, 3.8) is 0 Å². The predicted molar refractivity (Wildman–Crippen MR) is 88.0 cm³/mol. The Kier molecular flexibility index (Phi) is 5.79. The Hall–Kier alpha value is -1.36. The Morgan fingerprint density at radius 1 is 1.14 bits per heavy atom. The summed E-state index contributed by atoms with van der Waals surface area (Å²) in [6.07, 6.45) is 0. The Balaban J connectivity index is 2.15. The molecule has 0 aliphatic rings. The number of methoxy groups -OCH3 is 1. The second kappa shape index (κ2) is 7.59. The van der Waals surface area contributed by atoms with E-state index in [0.29, 0.717) is 6.54 Å². The smallest absolute Gasteiger partial charge is 0.122 e. The standard InChI is InChI=1S/C17H23NO2S/c1-13-14(2)17(20-3)7-6-15(13)11-18(8-9-19)12-16-5-4-10-21-16/h4-7,10,19H,8-9,11-12H2,1-3H3. The number of rotatable bonds is 7. The lowest BCUT2D eigenvalue weighted by atomic mass is 10.0. The minimum Gasteiger partial charge on any atom is -0.496 e. The summed E-state index contributed by atoms with van der Waals surface area (Å²) >= 11 is 1.76. The van der Waals surface area contributed by atoms with Crippen molar-refractivity contribution in [1.82, 2.24) is 4.90 Å². The van der Waals surface area contributed by atoms with Crippen molar-refractivity contribution in [2.24, 2.45) is 0 Å². The summed E-state index contributed by atoms with van der Waals surface area (Å²) in [5, 5.41) is 11.4. The normalized spacial score (nSPS) is 11.1. The van der Waals surface area contributed by atoms with Crippen molar-refractivity contribution in [2.75, 3.05) is 20.3 Å². The molecule has 21 heavy (non-hydrogen) atoms. The molecule has 0 unspecified atom stereocenters. The molecule has 1 aromatic carbocycles. The topological polar surface area (TPSA) is 32.7 Å². The maximum atomic E-state index is 9.29.